The minimum Gasteiger partial charge on any atom is -0.494 e. The van der Waals surface area contributed by atoms with Gasteiger partial charge in [0.1, 0.15) is 27.9 Å². The lowest BCUT2D eigenvalue weighted by Gasteiger charge is -2.24. The van der Waals surface area contributed by atoms with Gasteiger partial charge in [0.2, 0.25) is 0 Å². The molecule has 0 saturated carbocycles. The largest absolute Gasteiger partial charge is 0.494 e. The molecule has 0 N–H and O–H groups in total. The van der Waals surface area contributed by atoms with Crippen LogP contribution in [0.1, 0.15) is 27.9 Å². The van der Waals surface area contributed by atoms with Gasteiger partial charge in [0, 0.05) is 17.4 Å². The van der Waals surface area contributed by atoms with E-state index in [1.54, 1.807) is 6.07 Å². The van der Waals surface area contributed by atoms with Gasteiger partial charge in [-0.15, -0.1) is 0 Å². The van der Waals surface area contributed by atoms with Crippen LogP contribution in [0, 0.1) is 6.92 Å². The number of para-hydroxylation sites is 1. The van der Waals surface area contributed by atoms with E-state index >= 15 is 0 Å². The van der Waals surface area contributed by atoms with Crippen molar-refractivity contribution in [3.05, 3.63) is 47.0 Å². The van der Waals surface area contributed by atoms with E-state index in [-0.39, 0.29) is 5.75 Å². The lowest BCUT2D eigenvalue weighted by atomic mass is 9.91. The van der Waals surface area contributed by atoms with E-state index in [2.05, 4.69) is 0 Å². The number of carbonyl (C=O) groups is 1. The van der Waals surface area contributed by atoms with Gasteiger partial charge in [-0.1, -0.05) is 12.1 Å². The second kappa shape index (κ2) is 6.88. The summed E-state index contributed by atoms with van der Waals surface area (Å²) in [7, 11) is -2.97. The molecule has 0 spiro atoms. The Morgan fingerprint density at radius 2 is 2.08 bits per heavy atom. The van der Waals surface area contributed by atoms with Crippen LogP contribution >= 0.6 is 0 Å². The fourth-order valence-corrected chi connectivity index (χ4v) is 3.72. The third kappa shape index (κ3) is 3.85. The van der Waals surface area contributed by atoms with Crippen LogP contribution in [-0.4, -0.2) is 33.3 Å². The SMILES string of the molecule is Cc1cc(OCCCS(C)(=O)=O)cc2c1-c1cccc(C=O)c1OC2. The molecule has 1 aliphatic heterocycles. The predicted octanol–water partition coefficient (Wildman–Crippen LogP) is 3.18. The van der Waals surface area contributed by atoms with Crippen LogP contribution in [0.15, 0.2) is 30.3 Å². The summed E-state index contributed by atoms with van der Waals surface area (Å²) in [6.45, 7) is 2.71. The van der Waals surface area contributed by atoms with Gasteiger partial charge in [-0.05, 0) is 42.7 Å². The van der Waals surface area contributed by atoms with E-state index in [4.69, 9.17) is 9.47 Å². The average Bonchev–Trinajstić information content (AvgIpc) is 2.56. The topological polar surface area (TPSA) is 69.7 Å². The monoisotopic (exact) mass is 360 g/mol. The molecule has 25 heavy (non-hydrogen) atoms. The first-order valence-electron chi connectivity index (χ1n) is 8.04. The third-order valence-electron chi connectivity index (χ3n) is 4.13. The van der Waals surface area contributed by atoms with Gasteiger partial charge in [0.15, 0.2) is 6.29 Å². The summed E-state index contributed by atoms with van der Waals surface area (Å²) >= 11 is 0. The van der Waals surface area contributed by atoms with Crippen molar-refractivity contribution < 1.29 is 22.7 Å². The van der Waals surface area contributed by atoms with E-state index in [1.165, 1.54) is 6.26 Å². The molecular weight excluding hydrogens is 340 g/mol. The second-order valence-corrected chi connectivity index (χ2v) is 8.50. The predicted molar refractivity (Wildman–Crippen MR) is 96.2 cm³/mol. The van der Waals surface area contributed by atoms with E-state index in [0.29, 0.717) is 36.7 Å². The van der Waals surface area contributed by atoms with Crippen molar-refractivity contribution in [2.75, 3.05) is 18.6 Å². The Balaban J connectivity index is 1.84. The van der Waals surface area contributed by atoms with Crippen molar-refractivity contribution in [2.45, 2.75) is 20.0 Å². The summed E-state index contributed by atoms with van der Waals surface area (Å²) in [5.74, 6) is 1.43. The Morgan fingerprint density at radius 3 is 2.80 bits per heavy atom. The number of carbonyl (C=O) groups excluding carboxylic acids is 1. The van der Waals surface area contributed by atoms with Gasteiger partial charge in [0.05, 0.1) is 17.9 Å². The van der Waals surface area contributed by atoms with Crippen LogP contribution < -0.4 is 9.47 Å². The van der Waals surface area contributed by atoms with Gasteiger partial charge >= 0.3 is 0 Å². The maximum absolute atomic E-state index is 11.2. The number of hydrogen-bond acceptors (Lipinski definition) is 5. The van der Waals surface area contributed by atoms with Crippen LogP contribution in [0.25, 0.3) is 11.1 Å². The summed E-state index contributed by atoms with van der Waals surface area (Å²) in [5.41, 5.74) is 4.54. The lowest BCUT2D eigenvalue weighted by molar-refractivity contribution is 0.111. The summed E-state index contributed by atoms with van der Waals surface area (Å²) in [5, 5.41) is 0. The zero-order chi connectivity index (χ0) is 18.0. The quantitative estimate of drug-likeness (QED) is 0.584. The van der Waals surface area contributed by atoms with Crippen molar-refractivity contribution in [3.8, 4) is 22.6 Å². The average molecular weight is 360 g/mol. The van der Waals surface area contributed by atoms with Crippen LogP contribution in [0.2, 0.25) is 0 Å². The number of ether oxygens (including phenoxy) is 2. The van der Waals surface area contributed by atoms with E-state index in [9.17, 15) is 13.2 Å². The molecule has 0 aliphatic carbocycles. The second-order valence-electron chi connectivity index (χ2n) is 6.24. The molecule has 6 heteroatoms. The number of rotatable bonds is 6. The van der Waals surface area contributed by atoms with Crippen LogP contribution in [-0.2, 0) is 16.4 Å². The van der Waals surface area contributed by atoms with E-state index < -0.39 is 9.84 Å². The fraction of sp³-hybridized carbons (Fsp3) is 0.316. The molecular formula is C19H20O5S. The lowest BCUT2D eigenvalue weighted by Crippen LogP contribution is -2.11. The molecule has 2 aromatic rings. The molecule has 0 atom stereocenters. The first kappa shape index (κ1) is 17.5. The van der Waals surface area contributed by atoms with Gasteiger partial charge in [0.25, 0.3) is 0 Å². The number of sulfone groups is 1. The van der Waals surface area contributed by atoms with E-state index in [1.807, 2.05) is 31.2 Å². The standard InChI is InChI=1S/C19H20O5S/c1-13-9-16(23-7-4-8-25(2,21)22)10-15-12-24-19-14(11-20)5-3-6-17(19)18(13)15/h3,5-6,9-11H,4,7-8,12H2,1-2H3. The Morgan fingerprint density at radius 1 is 1.28 bits per heavy atom. The molecule has 0 radical (unpaired) electrons. The highest BCUT2D eigenvalue weighted by Crippen LogP contribution is 2.42. The maximum atomic E-state index is 11.2. The number of hydrogen-bond donors (Lipinski definition) is 0. The Hall–Kier alpha value is -2.34. The smallest absolute Gasteiger partial charge is 0.153 e. The number of aryl methyl sites for hydroxylation is 1. The van der Waals surface area contributed by atoms with Crippen molar-refractivity contribution in [3.63, 3.8) is 0 Å². The minimum absolute atomic E-state index is 0.113. The third-order valence-corrected chi connectivity index (χ3v) is 5.16. The molecule has 0 fully saturated rings. The molecule has 5 nitrogen and oxygen atoms in total. The van der Waals surface area contributed by atoms with Gasteiger partial charge < -0.3 is 9.47 Å². The van der Waals surface area contributed by atoms with Crippen LogP contribution in [0.4, 0.5) is 0 Å². The van der Waals surface area contributed by atoms with Crippen molar-refractivity contribution >= 4 is 16.1 Å². The maximum Gasteiger partial charge on any atom is 0.153 e. The highest BCUT2D eigenvalue weighted by Gasteiger charge is 2.22. The molecule has 0 aromatic heterocycles. The molecule has 2 aromatic carbocycles. The Bertz CT molecular complexity index is 916. The normalized spacial score (nSPS) is 12.7. The summed E-state index contributed by atoms with van der Waals surface area (Å²) in [6, 6.07) is 9.38. The van der Waals surface area contributed by atoms with Gasteiger partial charge in [-0.2, -0.15) is 0 Å². The number of aldehydes is 1. The molecule has 3 rings (SSSR count). The zero-order valence-electron chi connectivity index (χ0n) is 14.2. The fourth-order valence-electron chi connectivity index (χ4n) is 3.07. The summed E-state index contributed by atoms with van der Waals surface area (Å²) in [4.78, 5) is 11.2. The molecule has 0 amide bonds. The molecule has 0 bridgehead atoms. The van der Waals surface area contributed by atoms with Crippen molar-refractivity contribution in [1.82, 2.24) is 0 Å². The van der Waals surface area contributed by atoms with Crippen molar-refractivity contribution in [2.24, 2.45) is 0 Å². The van der Waals surface area contributed by atoms with E-state index in [0.717, 1.165) is 28.5 Å². The molecule has 0 saturated heterocycles. The van der Waals surface area contributed by atoms with Crippen LogP contribution in [0.5, 0.6) is 11.5 Å². The van der Waals surface area contributed by atoms with Crippen LogP contribution in [0.3, 0.4) is 0 Å². The molecule has 0 unspecified atom stereocenters. The zero-order valence-corrected chi connectivity index (χ0v) is 15.1. The summed E-state index contributed by atoms with van der Waals surface area (Å²) in [6.07, 6.45) is 2.48. The molecule has 1 heterocycles. The summed E-state index contributed by atoms with van der Waals surface area (Å²) < 4.78 is 33.8. The molecule has 1 aliphatic rings. The highest BCUT2D eigenvalue weighted by atomic mass is 32.2. The Labute approximate surface area is 147 Å². The van der Waals surface area contributed by atoms with Gasteiger partial charge in [-0.25, -0.2) is 8.42 Å². The minimum atomic E-state index is -2.97. The molecule has 132 valence electrons. The highest BCUT2D eigenvalue weighted by molar-refractivity contribution is 7.90. The number of fused-ring (bicyclic) bond motifs is 3. The Kier molecular flexibility index (Phi) is 4.81. The number of benzene rings is 2. The first-order valence-corrected chi connectivity index (χ1v) is 10.1. The van der Waals surface area contributed by atoms with Gasteiger partial charge in [-0.3, -0.25) is 4.79 Å². The first-order chi connectivity index (χ1) is 11.9. The van der Waals surface area contributed by atoms with Crippen molar-refractivity contribution in [1.29, 1.82) is 0 Å².